The first kappa shape index (κ1) is 19.0. The highest BCUT2D eigenvalue weighted by atomic mass is 35.5. The van der Waals surface area contributed by atoms with Crippen LogP contribution in [0.3, 0.4) is 0 Å². The molecule has 0 atom stereocenters. The van der Waals surface area contributed by atoms with Gasteiger partial charge in [-0.25, -0.2) is 0 Å². The summed E-state index contributed by atoms with van der Waals surface area (Å²) in [6.45, 7) is -0.129. The first-order chi connectivity index (χ1) is 11.1. The lowest BCUT2D eigenvalue weighted by Crippen LogP contribution is -2.30. The molecule has 0 aliphatic heterocycles. The zero-order chi connectivity index (χ0) is 17.1. The normalized spacial score (nSPS) is 9.35. The summed E-state index contributed by atoms with van der Waals surface area (Å²) in [6, 6.07) is 17.1. The van der Waals surface area contributed by atoms with Crippen molar-refractivity contribution in [2.75, 3.05) is 19.0 Å². The third-order valence-corrected chi connectivity index (χ3v) is 2.88. The number of hydrogen-bond acceptors (Lipinski definition) is 3. The molecule has 1 amide bonds. The number of esters is 1. The second-order valence-electron chi connectivity index (χ2n) is 4.30. The molecular formula is C17H17Cl2NO3. The summed E-state index contributed by atoms with van der Waals surface area (Å²) >= 11 is 9.53. The number of carbonyl (C=O) groups excluding carboxylic acids is 2. The van der Waals surface area contributed by atoms with E-state index in [0.29, 0.717) is 5.56 Å². The number of amides is 1. The molecule has 0 aliphatic rings. The second kappa shape index (κ2) is 10.6. The van der Waals surface area contributed by atoms with Crippen molar-refractivity contribution in [2.45, 2.75) is 0 Å². The highest BCUT2D eigenvalue weighted by Gasteiger charge is 2.08. The van der Waals surface area contributed by atoms with E-state index in [1.54, 1.807) is 12.1 Å². The van der Waals surface area contributed by atoms with Crippen LogP contribution in [0, 0.1) is 0 Å². The molecule has 0 aromatic heterocycles. The lowest BCUT2D eigenvalue weighted by molar-refractivity contribution is -0.139. The van der Waals surface area contributed by atoms with Crippen LogP contribution in [0.25, 0.3) is 11.1 Å². The lowest BCUT2D eigenvalue weighted by Gasteiger charge is -2.05. The minimum absolute atomic E-state index is 0.129. The van der Waals surface area contributed by atoms with Crippen molar-refractivity contribution < 1.29 is 14.3 Å². The third kappa shape index (κ3) is 6.72. The van der Waals surface area contributed by atoms with Crippen molar-refractivity contribution in [1.82, 2.24) is 5.32 Å². The Morgan fingerprint density at radius 2 is 1.48 bits per heavy atom. The van der Waals surface area contributed by atoms with E-state index in [4.69, 9.17) is 23.2 Å². The second-order valence-corrected chi connectivity index (χ2v) is 5.11. The van der Waals surface area contributed by atoms with Gasteiger partial charge in [0.25, 0.3) is 5.91 Å². The molecule has 0 aliphatic carbocycles. The summed E-state index contributed by atoms with van der Waals surface area (Å²) in [5.41, 5.74) is 2.64. The lowest BCUT2D eigenvalue weighted by atomic mass is 10.0. The van der Waals surface area contributed by atoms with Crippen molar-refractivity contribution >= 4 is 35.1 Å². The summed E-state index contributed by atoms with van der Waals surface area (Å²) in [4.78, 5) is 22.7. The Bertz CT molecular complexity index is 615. The van der Waals surface area contributed by atoms with Gasteiger partial charge in [-0.3, -0.25) is 9.59 Å². The van der Waals surface area contributed by atoms with Gasteiger partial charge in [-0.05, 0) is 23.3 Å². The van der Waals surface area contributed by atoms with Crippen molar-refractivity contribution in [3.63, 3.8) is 0 Å². The molecule has 0 spiro atoms. The van der Waals surface area contributed by atoms with Crippen LogP contribution in [-0.2, 0) is 9.53 Å². The van der Waals surface area contributed by atoms with E-state index in [1.165, 1.54) is 7.11 Å². The molecule has 122 valence electrons. The maximum absolute atomic E-state index is 11.8. The van der Waals surface area contributed by atoms with E-state index < -0.39 is 5.97 Å². The molecule has 6 heteroatoms. The van der Waals surface area contributed by atoms with Gasteiger partial charge in [0.05, 0.1) is 12.4 Å². The molecule has 0 fully saturated rings. The summed E-state index contributed by atoms with van der Waals surface area (Å²) in [6.07, 6.45) is 0. The molecule has 0 bridgehead atoms. The smallest absolute Gasteiger partial charge is 0.325 e. The van der Waals surface area contributed by atoms with Gasteiger partial charge in [-0.2, -0.15) is 0 Å². The number of halogens is 2. The van der Waals surface area contributed by atoms with Crippen LogP contribution in [0.1, 0.15) is 10.4 Å². The van der Waals surface area contributed by atoms with Crippen molar-refractivity contribution in [2.24, 2.45) is 0 Å². The molecule has 23 heavy (non-hydrogen) atoms. The number of rotatable bonds is 4. The van der Waals surface area contributed by atoms with E-state index >= 15 is 0 Å². The van der Waals surface area contributed by atoms with Crippen molar-refractivity contribution in [1.29, 1.82) is 0 Å². The Hall–Kier alpha value is -2.04. The minimum atomic E-state index is -0.473. The fourth-order valence-electron chi connectivity index (χ4n) is 1.77. The van der Waals surface area contributed by atoms with Gasteiger partial charge >= 0.3 is 5.97 Å². The van der Waals surface area contributed by atoms with Crippen LogP contribution >= 0.6 is 23.2 Å². The van der Waals surface area contributed by atoms with Crippen LogP contribution in [0.15, 0.2) is 54.6 Å². The Morgan fingerprint density at radius 3 is 2.00 bits per heavy atom. The average Bonchev–Trinajstić information content (AvgIpc) is 2.61. The first-order valence-corrected chi connectivity index (χ1v) is 7.81. The fourth-order valence-corrected chi connectivity index (χ4v) is 1.77. The predicted octanol–water partition coefficient (Wildman–Crippen LogP) is 3.68. The SMILES string of the molecule is COC(=O)CNC(=O)c1ccc(-c2ccccc2)cc1.ClCCl. The highest BCUT2D eigenvalue weighted by Crippen LogP contribution is 2.19. The van der Waals surface area contributed by atoms with Gasteiger partial charge in [0, 0.05) is 5.56 Å². The number of alkyl halides is 2. The van der Waals surface area contributed by atoms with E-state index in [0.717, 1.165) is 11.1 Å². The van der Waals surface area contributed by atoms with E-state index in [-0.39, 0.29) is 17.8 Å². The molecule has 2 aromatic carbocycles. The van der Waals surface area contributed by atoms with Gasteiger partial charge in [-0.15, -0.1) is 23.2 Å². The Labute approximate surface area is 145 Å². The summed E-state index contributed by atoms with van der Waals surface area (Å²) in [7, 11) is 1.28. The average molecular weight is 354 g/mol. The molecular weight excluding hydrogens is 337 g/mol. The summed E-state index contributed by atoms with van der Waals surface area (Å²) in [5, 5.41) is 2.69. The van der Waals surface area contributed by atoms with Gasteiger partial charge in [-0.1, -0.05) is 42.5 Å². The standard InChI is InChI=1S/C16H15NO3.CH2Cl2/c1-20-15(18)11-17-16(19)14-9-7-13(8-10-14)12-5-3-2-4-6-12;2-1-3/h2-10H,11H2,1H3,(H,17,19);1H2. The zero-order valence-corrected chi connectivity index (χ0v) is 14.1. The zero-order valence-electron chi connectivity index (χ0n) is 12.6. The Morgan fingerprint density at radius 1 is 0.957 bits per heavy atom. The molecule has 2 aromatic rings. The maximum Gasteiger partial charge on any atom is 0.325 e. The number of ether oxygens (including phenoxy) is 1. The van der Waals surface area contributed by atoms with Crippen LogP contribution in [0.2, 0.25) is 0 Å². The molecule has 0 heterocycles. The molecule has 0 saturated heterocycles. The third-order valence-electron chi connectivity index (χ3n) is 2.88. The topological polar surface area (TPSA) is 55.4 Å². The van der Waals surface area contributed by atoms with Crippen molar-refractivity contribution in [3.8, 4) is 11.1 Å². The molecule has 2 rings (SSSR count). The van der Waals surface area contributed by atoms with Crippen LogP contribution < -0.4 is 5.32 Å². The Balaban J connectivity index is 0.000000816. The quantitative estimate of drug-likeness (QED) is 0.673. The molecule has 0 unspecified atom stereocenters. The Kier molecular flexibility index (Phi) is 8.80. The van der Waals surface area contributed by atoms with E-state index in [9.17, 15) is 9.59 Å². The largest absolute Gasteiger partial charge is 0.468 e. The minimum Gasteiger partial charge on any atom is -0.468 e. The van der Waals surface area contributed by atoms with Crippen LogP contribution in [0.5, 0.6) is 0 Å². The number of benzene rings is 2. The number of carbonyl (C=O) groups is 2. The summed E-state index contributed by atoms with van der Waals surface area (Å²) in [5.74, 6) is -0.769. The van der Waals surface area contributed by atoms with Crippen molar-refractivity contribution in [3.05, 3.63) is 60.2 Å². The monoisotopic (exact) mass is 353 g/mol. The molecule has 1 N–H and O–H groups in total. The summed E-state index contributed by atoms with van der Waals surface area (Å²) < 4.78 is 4.46. The first-order valence-electron chi connectivity index (χ1n) is 6.74. The van der Waals surface area contributed by atoms with Crippen LogP contribution in [0.4, 0.5) is 0 Å². The van der Waals surface area contributed by atoms with Gasteiger partial charge in [0.1, 0.15) is 6.54 Å². The maximum atomic E-state index is 11.8. The number of methoxy groups -OCH3 is 1. The molecule has 0 radical (unpaired) electrons. The molecule has 0 saturated carbocycles. The number of hydrogen-bond donors (Lipinski definition) is 1. The van der Waals surface area contributed by atoms with Gasteiger partial charge in [0.2, 0.25) is 0 Å². The number of nitrogens with one attached hydrogen (secondary N) is 1. The highest BCUT2D eigenvalue weighted by molar-refractivity contribution is 6.40. The predicted molar refractivity (Wildman–Crippen MR) is 92.8 cm³/mol. The van der Waals surface area contributed by atoms with Gasteiger partial charge in [0.15, 0.2) is 0 Å². The fraction of sp³-hybridized carbons (Fsp3) is 0.176. The van der Waals surface area contributed by atoms with Crippen LogP contribution in [-0.4, -0.2) is 30.9 Å². The molecule has 4 nitrogen and oxygen atoms in total. The van der Waals surface area contributed by atoms with Gasteiger partial charge < -0.3 is 10.1 Å². The van der Waals surface area contributed by atoms with E-state index in [2.05, 4.69) is 10.1 Å². The van der Waals surface area contributed by atoms with E-state index in [1.807, 2.05) is 42.5 Å².